The van der Waals surface area contributed by atoms with Crippen LogP contribution in [0.25, 0.3) is 0 Å². The zero-order valence-corrected chi connectivity index (χ0v) is 10.4. The van der Waals surface area contributed by atoms with Crippen LogP contribution in [0.1, 0.15) is 26.3 Å². The highest BCUT2D eigenvalue weighted by atomic mass is 16.5. The Morgan fingerprint density at radius 1 is 1.31 bits per heavy atom. The Bertz CT molecular complexity index is 345. The molecular weight excluding hydrogens is 202 g/mol. The first-order valence-corrected chi connectivity index (χ1v) is 5.35. The Morgan fingerprint density at radius 2 is 2.00 bits per heavy atom. The molecule has 4 nitrogen and oxygen atoms in total. The molecule has 0 aliphatic rings. The van der Waals surface area contributed by atoms with E-state index in [1.54, 1.807) is 7.11 Å². The van der Waals surface area contributed by atoms with E-state index in [-0.39, 0.29) is 5.41 Å². The van der Waals surface area contributed by atoms with E-state index in [1.165, 1.54) is 5.56 Å². The molecule has 1 rings (SSSR count). The van der Waals surface area contributed by atoms with Gasteiger partial charge in [0.05, 0.1) is 19.5 Å². The van der Waals surface area contributed by atoms with Gasteiger partial charge in [0.15, 0.2) is 0 Å². The molecule has 0 aromatic heterocycles. The van der Waals surface area contributed by atoms with E-state index >= 15 is 0 Å². The molecule has 1 aromatic carbocycles. The molecule has 1 aromatic rings. The number of hydrazine groups is 1. The summed E-state index contributed by atoms with van der Waals surface area (Å²) in [6.45, 7) is 7.04. The van der Waals surface area contributed by atoms with Gasteiger partial charge in [-0.15, -0.1) is 0 Å². The molecule has 0 heterocycles. The Hall–Kier alpha value is -1.26. The molecule has 90 valence electrons. The summed E-state index contributed by atoms with van der Waals surface area (Å²) in [6.07, 6.45) is 0. The van der Waals surface area contributed by atoms with E-state index in [9.17, 15) is 0 Å². The summed E-state index contributed by atoms with van der Waals surface area (Å²) in [5.74, 6) is 6.06. The SMILES string of the molecule is COc1ccc(C(C)(C)C)cc1NCNN. The number of nitrogens with one attached hydrogen (secondary N) is 2. The number of hydrogen-bond acceptors (Lipinski definition) is 4. The smallest absolute Gasteiger partial charge is 0.142 e. The molecule has 0 spiro atoms. The highest BCUT2D eigenvalue weighted by Gasteiger charge is 2.15. The third-order valence-corrected chi connectivity index (χ3v) is 2.45. The largest absolute Gasteiger partial charge is 0.495 e. The maximum atomic E-state index is 5.28. The fourth-order valence-electron chi connectivity index (χ4n) is 1.46. The lowest BCUT2D eigenvalue weighted by Crippen LogP contribution is -2.28. The molecule has 0 aliphatic heterocycles. The van der Waals surface area contributed by atoms with Crippen LogP contribution in [0.5, 0.6) is 5.75 Å². The molecule has 0 bridgehead atoms. The second-order valence-electron chi connectivity index (χ2n) is 4.72. The van der Waals surface area contributed by atoms with Crippen molar-refractivity contribution in [3.8, 4) is 5.75 Å². The molecule has 16 heavy (non-hydrogen) atoms. The van der Waals surface area contributed by atoms with E-state index in [2.05, 4.69) is 43.6 Å². The molecular formula is C12H21N3O. The molecule has 0 fully saturated rings. The van der Waals surface area contributed by atoms with Crippen LogP contribution in [0.3, 0.4) is 0 Å². The van der Waals surface area contributed by atoms with Crippen LogP contribution in [0.15, 0.2) is 18.2 Å². The van der Waals surface area contributed by atoms with E-state index in [0.29, 0.717) is 6.67 Å². The first-order valence-electron chi connectivity index (χ1n) is 5.35. The van der Waals surface area contributed by atoms with Crippen LogP contribution in [0.4, 0.5) is 5.69 Å². The van der Waals surface area contributed by atoms with Gasteiger partial charge in [0, 0.05) is 0 Å². The van der Waals surface area contributed by atoms with Crippen molar-refractivity contribution in [3.63, 3.8) is 0 Å². The number of hydrogen-bond donors (Lipinski definition) is 3. The Kier molecular flexibility index (Phi) is 4.15. The van der Waals surface area contributed by atoms with Gasteiger partial charge in [-0.25, -0.2) is 5.43 Å². The summed E-state index contributed by atoms with van der Waals surface area (Å²) in [5.41, 5.74) is 4.89. The lowest BCUT2D eigenvalue weighted by Gasteiger charge is -2.21. The van der Waals surface area contributed by atoms with E-state index in [1.807, 2.05) is 6.07 Å². The van der Waals surface area contributed by atoms with Crippen LogP contribution in [-0.2, 0) is 5.41 Å². The third kappa shape index (κ3) is 3.12. The van der Waals surface area contributed by atoms with Gasteiger partial charge in [0.1, 0.15) is 5.75 Å². The number of ether oxygens (including phenoxy) is 1. The summed E-state index contributed by atoms with van der Waals surface area (Å²) >= 11 is 0. The van der Waals surface area contributed by atoms with Crippen molar-refractivity contribution < 1.29 is 4.74 Å². The van der Waals surface area contributed by atoms with Crippen molar-refractivity contribution in [2.24, 2.45) is 5.84 Å². The molecule has 0 radical (unpaired) electrons. The predicted molar refractivity (Wildman–Crippen MR) is 67.5 cm³/mol. The number of nitrogens with two attached hydrogens (primary N) is 1. The van der Waals surface area contributed by atoms with Gasteiger partial charge in [0.2, 0.25) is 0 Å². The number of anilines is 1. The number of methoxy groups -OCH3 is 1. The monoisotopic (exact) mass is 223 g/mol. The van der Waals surface area contributed by atoms with Gasteiger partial charge in [-0.1, -0.05) is 26.8 Å². The minimum absolute atomic E-state index is 0.124. The summed E-state index contributed by atoms with van der Waals surface area (Å²) in [4.78, 5) is 0. The first-order chi connectivity index (χ1) is 7.49. The third-order valence-electron chi connectivity index (χ3n) is 2.45. The quantitative estimate of drug-likeness (QED) is 0.414. The minimum atomic E-state index is 0.124. The number of rotatable bonds is 4. The van der Waals surface area contributed by atoms with Crippen molar-refractivity contribution in [1.29, 1.82) is 0 Å². The van der Waals surface area contributed by atoms with E-state index < -0.39 is 0 Å². The van der Waals surface area contributed by atoms with Gasteiger partial charge >= 0.3 is 0 Å². The Balaban J connectivity index is 3.01. The molecule has 4 N–H and O–H groups in total. The molecule has 0 amide bonds. The molecule has 0 unspecified atom stereocenters. The zero-order chi connectivity index (χ0) is 12.2. The van der Waals surface area contributed by atoms with Crippen LogP contribution >= 0.6 is 0 Å². The van der Waals surface area contributed by atoms with Gasteiger partial charge in [0.25, 0.3) is 0 Å². The molecule has 4 heteroatoms. The minimum Gasteiger partial charge on any atom is -0.495 e. The van der Waals surface area contributed by atoms with Crippen molar-refractivity contribution in [1.82, 2.24) is 5.43 Å². The topological polar surface area (TPSA) is 59.3 Å². The fourth-order valence-corrected chi connectivity index (χ4v) is 1.46. The van der Waals surface area contributed by atoms with Gasteiger partial charge in [-0.3, -0.25) is 5.84 Å². The van der Waals surface area contributed by atoms with Crippen molar-refractivity contribution in [2.75, 3.05) is 19.1 Å². The summed E-state index contributed by atoms with van der Waals surface area (Å²) < 4.78 is 5.28. The summed E-state index contributed by atoms with van der Waals surface area (Å²) in [5, 5.41) is 3.17. The van der Waals surface area contributed by atoms with Crippen LogP contribution in [-0.4, -0.2) is 13.8 Å². The standard InChI is InChI=1S/C12H21N3O/c1-12(2,3)9-5-6-11(16-4)10(7-9)14-8-15-13/h5-7,14-15H,8,13H2,1-4H3. The average Bonchev–Trinajstić information content (AvgIpc) is 2.24. The molecule has 0 aliphatic carbocycles. The second-order valence-corrected chi connectivity index (χ2v) is 4.72. The van der Waals surface area contributed by atoms with Crippen molar-refractivity contribution in [2.45, 2.75) is 26.2 Å². The van der Waals surface area contributed by atoms with Crippen LogP contribution in [0.2, 0.25) is 0 Å². The first kappa shape index (κ1) is 12.8. The molecule has 0 saturated heterocycles. The summed E-state index contributed by atoms with van der Waals surface area (Å²) in [6, 6.07) is 6.15. The predicted octanol–water partition coefficient (Wildman–Crippen LogP) is 1.83. The number of benzene rings is 1. The highest BCUT2D eigenvalue weighted by molar-refractivity contribution is 5.58. The van der Waals surface area contributed by atoms with Crippen LogP contribution < -0.4 is 21.3 Å². The van der Waals surface area contributed by atoms with E-state index in [4.69, 9.17) is 10.6 Å². The van der Waals surface area contributed by atoms with E-state index in [0.717, 1.165) is 11.4 Å². The van der Waals surface area contributed by atoms with Gasteiger partial charge in [-0.2, -0.15) is 0 Å². The summed E-state index contributed by atoms with van der Waals surface area (Å²) in [7, 11) is 1.66. The average molecular weight is 223 g/mol. The Morgan fingerprint density at radius 3 is 2.50 bits per heavy atom. The van der Waals surface area contributed by atoms with Crippen molar-refractivity contribution in [3.05, 3.63) is 23.8 Å². The zero-order valence-electron chi connectivity index (χ0n) is 10.4. The normalized spacial score (nSPS) is 11.3. The highest BCUT2D eigenvalue weighted by Crippen LogP contribution is 2.31. The lowest BCUT2D eigenvalue weighted by atomic mass is 9.87. The van der Waals surface area contributed by atoms with Crippen molar-refractivity contribution >= 4 is 5.69 Å². The van der Waals surface area contributed by atoms with Crippen LogP contribution in [0, 0.1) is 0 Å². The second kappa shape index (κ2) is 5.18. The molecule has 0 saturated carbocycles. The van der Waals surface area contributed by atoms with Gasteiger partial charge < -0.3 is 10.1 Å². The Labute approximate surface area is 97.1 Å². The lowest BCUT2D eigenvalue weighted by molar-refractivity contribution is 0.415. The maximum absolute atomic E-state index is 5.28. The maximum Gasteiger partial charge on any atom is 0.142 e. The molecule has 0 atom stereocenters. The fraction of sp³-hybridized carbons (Fsp3) is 0.500. The van der Waals surface area contributed by atoms with Gasteiger partial charge in [-0.05, 0) is 23.1 Å².